The maximum Gasteiger partial charge on any atom is 0.282 e. The molecule has 0 fully saturated rings. The summed E-state index contributed by atoms with van der Waals surface area (Å²) in [6.45, 7) is 3.63. The summed E-state index contributed by atoms with van der Waals surface area (Å²) in [5.74, 6) is -0.502. The Balaban J connectivity index is 2.14. The standard InChI is InChI=1S/C19H22N2O4/c1-14-7-6-10-16(21(24)25)17(14)18(23)20-12-19(2,13-22)11-15-8-4-3-5-9-15/h3-10,22H,11-13H2,1-2H3,(H,20,23)/t19-/m1/s1. The summed E-state index contributed by atoms with van der Waals surface area (Å²) in [5.41, 5.74) is 0.878. The molecule has 0 saturated heterocycles. The molecule has 0 bridgehead atoms. The minimum atomic E-state index is -0.561. The van der Waals surface area contributed by atoms with Gasteiger partial charge in [0, 0.05) is 18.0 Å². The molecule has 2 aromatic carbocycles. The zero-order chi connectivity index (χ0) is 18.4. The lowest BCUT2D eigenvalue weighted by Crippen LogP contribution is -2.40. The normalized spacial score (nSPS) is 13.1. The number of benzene rings is 2. The van der Waals surface area contributed by atoms with Crippen LogP contribution in [0.5, 0.6) is 0 Å². The Morgan fingerprint density at radius 2 is 1.88 bits per heavy atom. The molecule has 0 unspecified atom stereocenters. The third kappa shape index (κ3) is 4.64. The minimum Gasteiger partial charge on any atom is -0.396 e. The average Bonchev–Trinajstić information content (AvgIpc) is 2.60. The third-order valence-corrected chi connectivity index (χ3v) is 4.21. The van der Waals surface area contributed by atoms with Crippen LogP contribution in [0.4, 0.5) is 5.69 Å². The first kappa shape index (κ1) is 18.6. The van der Waals surface area contributed by atoms with Gasteiger partial charge in [0.15, 0.2) is 0 Å². The van der Waals surface area contributed by atoms with Gasteiger partial charge in [-0.15, -0.1) is 0 Å². The number of amides is 1. The Morgan fingerprint density at radius 3 is 2.48 bits per heavy atom. The number of hydrogen-bond acceptors (Lipinski definition) is 4. The van der Waals surface area contributed by atoms with Gasteiger partial charge < -0.3 is 10.4 Å². The first-order valence-corrected chi connectivity index (χ1v) is 8.03. The van der Waals surface area contributed by atoms with Crippen LogP contribution in [0.25, 0.3) is 0 Å². The number of nitrogens with one attached hydrogen (secondary N) is 1. The van der Waals surface area contributed by atoms with Gasteiger partial charge in [-0.25, -0.2) is 0 Å². The number of aryl methyl sites for hydroxylation is 1. The van der Waals surface area contributed by atoms with Gasteiger partial charge in [-0.2, -0.15) is 0 Å². The van der Waals surface area contributed by atoms with Crippen LogP contribution in [0.15, 0.2) is 48.5 Å². The van der Waals surface area contributed by atoms with Crippen LogP contribution in [0, 0.1) is 22.5 Å². The molecule has 1 atom stereocenters. The number of carbonyl (C=O) groups is 1. The molecule has 6 heteroatoms. The smallest absolute Gasteiger partial charge is 0.282 e. The molecular formula is C19H22N2O4. The SMILES string of the molecule is Cc1cccc([N+](=O)[O-])c1C(=O)NC[C@](C)(CO)Cc1ccccc1. The molecule has 0 aliphatic heterocycles. The number of nitro groups is 1. The van der Waals surface area contributed by atoms with Crippen molar-refractivity contribution in [1.82, 2.24) is 5.32 Å². The molecule has 0 radical (unpaired) electrons. The molecule has 1 amide bonds. The van der Waals surface area contributed by atoms with Gasteiger partial charge in [0.2, 0.25) is 0 Å². The molecule has 2 rings (SSSR count). The van der Waals surface area contributed by atoms with Crippen molar-refractivity contribution in [2.75, 3.05) is 13.2 Å². The Kier molecular flexibility index (Phi) is 5.88. The summed E-state index contributed by atoms with van der Waals surface area (Å²) in [5, 5.41) is 23.7. The highest BCUT2D eigenvalue weighted by molar-refractivity contribution is 5.99. The monoisotopic (exact) mass is 342 g/mol. The molecule has 2 N–H and O–H groups in total. The lowest BCUT2D eigenvalue weighted by Gasteiger charge is -2.28. The Hall–Kier alpha value is -2.73. The predicted octanol–water partition coefficient (Wildman–Crippen LogP) is 2.87. The van der Waals surface area contributed by atoms with Gasteiger partial charge in [-0.1, -0.05) is 49.4 Å². The van der Waals surface area contributed by atoms with E-state index < -0.39 is 16.2 Å². The van der Waals surface area contributed by atoms with Crippen molar-refractivity contribution < 1.29 is 14.8 Å². The first-order valence-electron chi connectivity index (χ1n) is 8.03. The van der Waals surface area contributed by atoms with Gasteiger partial charge in [-0.3, -0.25) is 14.9 Å². The van der Waals surface area contributed by atoms with Crippen LogP contribution < -0.4 is 5.32 Å². The van der Waals surface area contributed by atoms with E-state index in [0.717, 1.165) is 5.56 Å². The molecule has 0 aliphatic carbocycles. The average molecular weight is 342 g/mol. The zero-order valence-corrected chi connectivity index (χ0v) is 14.4. The number of aliphatic hydroxyl groups excluding tert-OH is 1. The number of aliphatic hydroxyl groups is 1. The quantitative estimate of drug-likeness (QED) is 0.598. The van der Waals surface area contributed by atoms with Crippen molar-refractivity contribution in [2.45, 2.75) is 20.3 Å². The second kappa shape index (κ2) is 7.90. The van der Waals surface area contributed by atoms with Gasteiger partial charge in [0.05, 0.1) is 11.5 Å². The predicted molar refractivity (Wildman–Crippen MR) is 95.5 cm³/mol. The van der Waals surface area contributed by atoms with Crippen LogP contribution in [0.2, 0.25) is 0 Å². The van der Waals surface area contributed by atoms with Gasteiger partial charge in [-0.05, 0) is 24.5 Å². The Morgan fingerprint density at radius 1 is 1.20 bits per heavy atom. The third-order valence-electron chi connectivity index (χ3n) is 4.21. The fraction of sp³-hybridized carbons (Fsp3) is 0.316. The van der Waals surface area contributed by atoms with Crippen molar-refractivity contribution in [1.29, 1.82) is 0 Å². The fourth-order valence-corrected chi connectivity index (χ4v) is 2.74. The molecule has 0 aromatic heterocycles. The van der Waals surface area contributed by atoms with Crippen molar-refractivity contribution in [3.8, 4) is 0 Å². The molecule has 0 aliphatic rings. The Bertz CT molecular complexity index is 761. The summed E-state index contributed by atoms with van der Waals surface area (Å²) < 4.78 is 0. The number of nitrogens with zero attached hydrogens (tertiary/aromatic N) is 1. The largest absolute Gasteiger partial charge is 0.396 e. The maximum absolute atomic E-state index is 12.5. The topological polar surface area (TPSA) is 92.5 Å². The van der Waals surface area contributed by atoms with Crippen LogP contribution in [0.3, 0.4) is 0 Å². The molecule has 132 valence electrons. The Labute approximate surface area is 146 Å². The fourth-order valence-electron chi connectivity index (χ4n) is 2.74. The zero-order valence-electron chi connectivity index (χ0n) is 14.4. The van der Waals surface area contributed by atoms with Gasteiger partial charge in [0.1, 0.15) is 5.56 Å². The van der Waals surface area contributed by atoms with Crippen molar-refractivity contribution in [2.24, 2.45) is 5.41 Å². The van der Waals surface area contributed by atoms with Crippen LogP contribution >= 0.6 is 0 Å². The molecule has 0 saturated carbocycles. The summed E-state index contributed by atoms with van der Waals surface area (Å²) in [4.78, 5) is 23.1. The van der Waals surface area contributed by atoms with Gasteiger partial charge >= 0.3 is 0 Å². The van der Waals surface area contributed by atoms with Crippen LogP contribution in [0.1, 0.15) is 28.4 Å². The second-order valence-corrected chi connectivity index (χ2v) is 6.54. The summed E-state index contributed by atoms with van der Waals surface area (Å²) in [6, 6.07) is 14.2. The molecular weight excluding hydrogens is 320 g/mol. The van der Waals surface area contributed by atoms with E-state index in [-0.39, 0.29) is 24.4 Å². The van der Waals surface area contributed by atoms with Crippen molar-refractivity contribution >= 4 is 11.6 Å². The van der Waals surface area contributed by atoms with E-state index in [0.29, 0.717) is 12.0 Å². The first-order chi connectivity index (χ1) is 11.9. The van der Waals surface area contributed by atoms with E-state index in [1.807, 2.05) is 37.3 Å². The van der Waals surface area contributed by atoms with E-state index in [4.69, 9.17) is 0 Å². The number of nitro benzene ring substituents is 1. The van der Waals surface area contributed by atoms with E-state index in [2.05, 4.69) is 5.32 Å². The second-order valence-electron chi connectivity index (χ2n) is 6.54. The van der Waals surface area contributed by atoms with Crippen molar-refractivity contribution in [3.63, 3.8) is 0 Å². The molecule has 2 aromatic rings. The van der Waals surface area contributed by atoms with E-state index in [1.54, 1.807) is 19.1 Å². The van der Waals surface area contributed by atoms with Crippen molar-refractivity contribution in [3.05, 3.63) is 75.3 Å². The summed E-state index contributed by atoms with van der Waals surface area (Å²) in [7, 11) is 0. The van der Waals surface area contributed by atoms with Gasteiger partial charge in [0.25, 0.3) is 11.6 Å². The summed E-state index contributed by atoms with van der Waals surface area (Å²) in [6.07, 6.45) is 0.584. The highest BCUT2D eigenvalue weighted by Gasteiger charge is 2.27. The van der Waals surface area contributed by atoms with E-state index >= 15 is 0 Å². The highest BCUT2D eigenvalue weighted by Crippen LogP contribution is 2.24. The summed E-state index contributed by atoms with van der Waals surface area (Å²) >= 11 is 0. The highest BCUT2D eigenvalue weighted by atomic mass is 16.6. The van der Waals surface area contributed by atoms with E-state index in [9.17, 15) is 20.0 Å². The van der Waals surface area contributed by atoms with Crippen LogP contribution in [-0.4, -0.2) is 29.1 Å². The van der Waals surface area contributed by atoms with E-state index in [1.165, 1.54) is 6.07 Å². The molecule has 25 heavy (non-hydrogen) atoms. The minimum absolute atomic E-state index is 0.0625. The molecule has 0 spiro atoms. The lowest BCUT2D eigenvalue weighted by molar-refractivity contribution is -0.385. The number of rotatable bonds is 7. The number of hydrogen-bond donors (Lipinski definition) is 2. The number of carbonyl (C=O) groups excluding carboxylic acids is 1. The van der Waals surface area contributed by atoms with Crippen LogP contribution in [-0.2, 0) is 6.42 Å². The maximum atomic E-state index is 12.5. The molecule has 6 nitrogen and oxygen atoms in total. The lowest BCUT2D eigenvalue weighted by atomic mass is 9.84. The molecule has 0 heterocycles.